The Bertz CT molecular complexity index is 1380. The zero-order valence-corrected chi connectivity index (χ0v) is 21.1. The van der Waals surface area contributed by atoms with Gasteiger partial charge in [-0.3, -0.25) is 19.9 Å². The Morgan fingerprint density at radius 3 is 2.35 bits per heavy atom. The van der Waals surface area contributed by atoms with Gasteiger partial charge in [-0.15, -0.1) is 0 Å². The molecule has 0 aromatic heterocycles. The first-order valence-corrected chi connectivity index (χ1v) is 12.2. The van der Waals surface area contributed by atoms with Crippen LogP contribution in [0.3, 0.4) is 0 Å². The molecule has 2 aliphatic heterocycles. The van der Waals surface area contributed by atoms with Gasteiger partial charge in [0.05, 0.1) is 0 Å². The summed E-state index contributed by atoms with van der Waals surface area (Å²) < 4.78 is 28.1. The number of hydrogen-bond acceptors (Lipinski definition) is 4. The number of likely N-dealkylation sites (N-methyl/N-ethyl adjacent to an activating group) is 1. The fraction of sp³-hybridized carbons (Fsp3) is 0.357. The smallest absolute Gasteiger partial charge is 0.312 e. The number of urea groups is 1. The van der Waals surface area contributed by atoms with E-state index in [4.69, 9.17) is 0 Å². The highest BCUT2D eigenvalue weighted by atomic mass is 19.1. The fourth-order valence-electron chi connectivity index (χ4n) is 5.48. The summed E-state index contributed by atoms with van der Waals surface area (Å²) in [4.78, 5) is 45.4. The van der Waals surface area contributed by atoms with Gasteiger partial charge >= 0.3 is 6.03 Å². The molecule has 1 spiro atoms. The second-order valence-corrected chi connectivity index (χ2v) is 10.4. The van der Waals surface area contributed by atoms with Crippen molar-refractivity contribution >= 4 is 29.6 Å². The van der Waals surface area contributed by atoms with Gasteiger partial charge in [0.15, 0.2) is 5.66 Å². The number of carbonyl (C=O) groups is 3. The van der Waals surface area contributed by atoms with Crippen LogP contribution in [0.15, 0.2) is 47.5 Å². The summed E-state index contributed by atoms with van der Waals surface area (Å²) in [5, 5.41) is 2.40. The van der Waals surface area contributed by atoms with Gasteiger partial charge in [-0.2, -0.15) is 0 Å². The van der Waals surface area contributed by atoms with E-state index < -0.39 is 28.9 Å². The molecule has 9 heteroatoms. The number of amides is 4. The number of nitrogens with one attached hydrogen (secondary N) is 1. The van der Waals surface area contributed by atoms with Crippen molar-refractivity contribution in [2.45, 2.75) is 44.8 Å². The van der Waals surface area contributed by atoms with Crippen molar-refractivity contribution in [2.75, 3.05) is 13.6 Å². The molecule has 2 heterocycles. The Morgan fingerprint density at radius 1 is 1.05 bits per heavy atom. The molecule has 2 aromatic rings. The normalized spacial score (nSPS) is 25.2. The molecular formula is C28H28F2N4O3. The first-order chi connectivity index (χ1) is 17.4. The van der Waals surface area contributed by atoms with E-state index in [1.165, 1.54) is 21.9 Å². The molecule has 2 aromatic carbocycles. The number of nitrogens with zero attached hydrogens (tertiary/aromatic N) is 3. The highest BCUT2D eigenvalue weighted by molar-refractivity contribution is 6.41. The summed E-state index contributed by atoms with van der Waals surface area (Å²) in [5.41, 5.74) is 1.35. The van der Waals surface area contributed by atoms with Gasteiger partial charge < -0.3 is 9.80 Å². The maximum absolute atomic E-state index is 14.0. The van der Waals surface area contributed by atoms with Crippen molar-refractivity contribution in [1.82, 2.24) is 15.1 Å². The average Bonchev–Trinajstić information content (AvgIpc) is 3.41. The molecule has 0 unspecified atom stereocenters. The predicted molar refractivity (Wildman–Crippen MR) is 135 cm³/mol. The van der Waals surface area contributed by atoms with E-state index in [2.05, 4.69) is 10.3 Å². The summed E-state index contributed by atoms with van der Waals surface area (Å²) in [5.74, 6) is -2.17. The largest absolute Gasteiger partial charge is 0.324 e. The minimum Gasteiger partial charge on any atom is -0.312 e. The SMILES string of the molecule is CC(C)C1=N[C@@](C)(c2cc(F)cc(F)c2)N(C/C=C/c2ccc3c(c2)C[C@@]2(C3)C(=O)NC(=O)N2C)C1=O. The van der Waals surface area contributed by atoms with E-state index >= 15 is 0 Å². The Morgan fingerprint density at radius 2 is 1.73 bits per heavy atom. The number of aliphatic imine (C=N–C) groups is 1. The first-order valence-electron chi connectivity index (χ1n) is 12.2. The fourth-order valence-corrected chi connectivity index (χ4v) is 5.48. The molecule has 1 aliphatic carbocycles. The Labute approximate surface area is 213 Å². The molecule has 2 atom stereocenters. The van der Waals surface area contributed by atoms with Crippen molar-refractivity contribution in [3.63, 3.8) is 0 Å². The van der Waals surface area contributed by atoms with Crippen molar-refractivity contribution in [2.24, 2.45) is 10.9 Å². The second-order valence-electron chi connectivity index (χ2n) is 10.4. The van der Waals surface area contributed by atoms with Crippen molar-refractivity contribution in [3.8, 4) is 0 Å². The number of imide groups is 1. The molecular weight excluding hydrogens is 478 g/mol. The highest BCUT2D eigenvalue weighted by Crippen LogP contribution is 2.39. The number of carbonyl (C=O) groups excluding carboxylic acids is 3. The van der Waals surface area contributed by atoms with Gasteiger partial charge in [0.1, 0.15) is 22.9 Å². The van der Waals surface area contributed by atoms with Gasteiger partial charge in [0.25, 0.3) is 11.8 Å². The van der Waals surface area contributed by atoms with E-state index in [1.807, 2.05) is 44.2 Å². The second kappa shape index (κ2) is 8.61. The number of halogens is 2. The lowest BCUT2D eigenvalue weighted by Crippen LogP contribution is -2.48. The summed E-state index contributed by atoms with van der Waals surface area (Å²) in [6, 6.07) is 8.67. The molecule has 4 amide bonds. The summed E-state index contributed by atoms with van der Waals surface area (Å²) in [6.07, 6.45) is 4.56. The molecule has 37 heavy (non-hydrogen) atoms. The van der Waals surface area contributed by atoms with Crippen LogP contribution in [0.1, 0.15) is 43.0 Å². The number of fused-ring (bicyclic) bond motifs is 1. The van der Waals surface area contributed by atoms with Crippen molar-refractivity contribution in [3.05, 3.63) is 76.4 Å². The number of rotatable bonds is 5. The molecule has 7 nitrogen and oxygen atoms in total. The molecule has 192 valence electrons. The van der Waals surface area contributed by atoms with E-state index in [9.17, 15) is 23.2 Å². The Hall–Kier alpha value is -3.88. The van der Waals surface area contributed by atoms with Crippen LogP contribution < -0.4 is 5.32 Å². The Balaban J connectivity index is 1.39. The van der Waals surface area contributed by atoms with Gasteiger partial charge in [-0.25, -0.2) is 13.6 Å². The summed E-state index contributed by atoms with van der Waals surface area (Å²) >= 11 is 0. The van der Waals surface area contributed by atoms with Crippen LogP contribution in [0, 0.1) is 17.6 Å². The Kier molecular flexibility index (Phi) is 5.77. The van der Waals surface area contributed by atoms with Crippen LogP contribution in [-0.4, -0.2) is 52.5 Å². The van der Waals surface area contributed by atoms with Crippen molar-refractivity contribution in [1.29, 1.82) is 0 Å². The lowest BCUT2D eigenvalue weighted by atomic mass is 9.95. The third-order valence-electron chi connectivity index (χ3n) is 7.67. The molecule has 0 saturated carbocycles. The summed E-state index contributed by atoms with van der Waals surface area (Å²) in [7, 11) is 1.63. The molecule has 1 N–H and O–H groups in total. The maximum Gasteiger partial charge on any atom is 0.324 e. The van der Waals surface area contributed by atoms with Crippen LogP contribution in [0.2, 0.25) is 0 Å². The third-order valence-corrected chi connectivity index (χ3v) is 7.67. The first kappa shape index (κ1) is 24.8. The third kappa shape index (κ3) is 3.93. The lowest BCUT2D eigenvalue weighted by molar-refractivity contribution is -0.127. The molecule has 1 fully saturated rings. The standard InChI is InChI=1S/C28H28F2N4O3/c1-16(2)23-24(35)34(27(3,32-23)20-11-21(29)13-22(30)12-20)9-5-6-17-7-8-18-14-28(15-19(18)10-17)25(36)31-26(37)33(28)4/h5-8,10-13,16H,9,14-15H2,1-4H3,(H,31,36,37)/b6-5+/t27-,28+/m1/s1. The molecule has 0 bridgehead atoms. The van der Waals surface area contributed by atoms with Crippen LogP contribution in [0.25, 0.3) is 6.08 Å². The lowest BCUT2D eigenvalue weighted by Gasteiger charge is -2.33. The van der Waals surface area contributed by atoms with Crippen molar-refractivity contribution < 1.29 is 23.2 Å². The quantitative estimate of drug-likeness (QED) is 0.627. The van der Waals surface area contributed by atoms with Crippen LogP contribution in [0.5, 0.6) is 0 Å². The van der Waals surface area contributed by atoms with Gasteiger partial charge in [0, 0.05) is 44.0 Å². The van der Waals surface area contributed by atoms with E-state index in [0.717, 1.165) is 22.8 Å². The van der Waals surface area contributed by atoms with Crippen LogP contribution in [0.4, 0.5) is 13.6 Å². The maximum atomic E-state index is 14.0. The van der Waals surface area contributed by atoms with E-state index in [1.54, 1.807) is 14.0 Å². The zero-order chi connectivity index (χ0) is 26.7. The molecule has 5 rings (SSSR count). The van der Waals surface area contributed by atoms with Crippen LogP contribution in [-0.2, 0) is 28.1 Å². The molecule has 1 saturated heterocycles. The average molecular weight is 507 g/mol. The van der Waals surface area contributed by atoms with E-state index in [-0.39, 0.29) is 29.8 Å². The van der Waals surface area contributed by atoms with Gasteiger partial charge in [-0.1, -0.05) is 44.2 Å². The predicted octanol–water partition coefficient (Wildman–Crippen LogP) is 3.81. The monoisotopic (exact) mass is 506 g/mol. The number of benzene rings is 2. The molecule has 3 aliphatic rings. The zero-order valence-electron chi connectivity index (χ0n) is 21.1. The number of hydrogen-bond donors (Lipinski definition) is 1. The highest BCUT2D eigenvalue weighted by Gasteiger charge is 2.54. The van der Waals surface area contributed by atoms with E-state index in [0.29, 0.717) is 18.6 Å². The summed E-state index contributed by atoms with van der Waals surface area (Å²) in [6.45, 7) is 5.57. The molecule has 0 radical (unpaired) electrons. The minimum absolute atomic E-state index is 0.152. The topological polar surface area (TPSA) is 82.1 Å². The van der Waals surface area contributed by atoms with Gasteiger partial charge in [0.2, 0.25) is 0 Å². The van der Waals surface area contributed by atoms with Gasteiger partial charge in [-0.05, 0) is 35.7 Å². The minimum atomic E-state index is -1.25. The van der Waals surface area contributed by atoms with Crippen LogP contribution >= 0.6 is 0 Å².